The lowest BCUT2D eigenvalue weighted by molar-refractivity contribution is 0.111. The number of hydrogen-bond donors (Lipinski definition) is 1. The number of halogens is 1. The third-order valence-electron chi connectivity index (χ3n) is 1.54. The van der Waals surface area contributed by atoms with Gasteiger partial charge in [-0.3, -0.25) is 4.79 Å². The summed E-state index contributed by atoms with van der Waals surface area (Å²) in [6.45, 7) is 2.09. The normalized spacial score (nSPS) is 10.0. The van der Waals surface area contributed by atoms with Gasteiger partial charge < -0.3 is 4.98 Å². The van der Waals surface area contributed by atoms with Gasteiger partial charge in [0.2, 0.25) is 0 Å². The second kappa shape index (κ2) is 3.72. The van der Waals surface area contributed by atoms with E-state index in [0.29, 0.717) is 5.69 Å². The Labute approximate surface area is 74.1 Å². The molecule has 0 radical (unpaired) electrons. The third kappa shape index (κ3) is 1.93. The van der Waals surface area contributed by atoms with Crippen LogP contribution in [0.4, 0.5) is 0 Å². The van der Waals surface area contributed by atoms with Crippen LogP contribution in [0.15, 0.2) is 10.7 Å². The molecule has 0 fully saturated rings. The Hall–Kier alpha value is -0.570. The number of aromatic nitrogens is 1. The standard InChI is InChI=1S/C8H10BrNO/c1-2-3-6-4-8(9)10-7(6)5-11/h4-5,10H,2-3H2,1H3. The first-order valence-corrected chi connectivity index (χ1v) is 4.39. The molecule has 2 nitrogen and oxygen atoms in total. The molecule has 0 aliphatic carbocycles. The van der Waals surface area contributed by atoms with Crippen molar-refractivity contribution < 1.29 is 4.79 Å². The minimum atomic E-state index is 0.693. The number of aldehydes is 1. The highest BCUT2D eigenvalue weighted by Gasteiger charge is 2.03. The largest absolute Gasteiger partial charge is 0.347 e. The molecular weight excluding hydrogens is 206 g/mol. The topological polar surface area (TPSA) is 32.9 Å². The van der Waals surface area contributed by atoms with Crippen LogP contribution in [0, 0.1) is 0 Å². The van der Waals surface area contributed by atoms with Gasteiger partial charge >= 0.3 is 0 Å². The van der Waals surface area contributed by atoms with Crippen LogP contribution in [0.2, 0.25) is 0 Å². The first-order valence-electron chi connectivity index (χ1n) is 3.60. The summed E-state index contributed by atoms with van der Waals surface area (Å²) in [5.41, 5.74) is 1.79. The van der Waals surface area contributed by atoms with Gasteiger partial charge in [-0.2, -0.15) is 0 Å². The molecule has 0 aromatic carbocycles. The van der Waals surface area contributed by atoms with E-state index in [0.717, 1.165) is 29.3 Å². The zero-order chi connectivity index (χ0) is 8.27. The van der Waals surface area contributed by atoms with Gasteiger partial charge in [-0.15, -0.1) is 0 Å². The van der Waals surface area contributed by atoms with Crippen LogP contribution in [0.25, 0.3) is 0 Å². The first kappa shape index (κ1) is 8.53. The minimum absolute atomic E-state index is 0.693. The number of hydrogen-bond acceptors (Lipinski definition) is 1. The van der Waals surface area contributed by atoms with Crippen molar-refractivity contribution in [1.29, 1.82) is 0 Å². The molecule has 0 saturated carbocycles. The van der Waals surface area contributed by atoms with Crippen LogP contribution in [0.1, 0.15) is 29.4 Å². The molecule has 0 aliphatic heterocycles. The number of carbonyl (C=O) groups excluding carboxylic acids is 1. The van der Waals surface area contributed by atoms with Crippen molar-refractivity contribution in [2.24, 2.45) is 0 Å². The molecule has 0 amide bonds. The van der Waals surface area contributed by atoms with E-state index in [2.05, 4.69) is 27.8 Å². The number of aryl methyl sites for hydroxylation is 1. The third-order valence-corrected chi connectivity index (χ3v) is 1.97. The maximum atomic E-state index is 10.5. The Morgan fingerprint density at radius 3 is 3.00 bits per heavy atom. The lowest BCUT2D eigenvalue weighted by Gasteiger charge is -1.91. The van der Waals surface area contributed by atoms with Crippen molar-refractivity contribution in [2.75, 3.05) is 0 Å². The summed E-state index contributed by atoms with van der Waals surface area (Å²) in [5.74, 6) is 0. The molecule has 0 unspecified atom stereocenters. The van der Waals surface area contributed by atoms with E-state index in [1.807, 2.05) is 6.07 Å². The van der Waals surface area contributed by atoms with Gasteiger partial charge in [0.25, 0.3) is 0 Å². The van der Waals surface area contributed by atoms with Crippen molar-refractivity contribution in [3.63, 3.8) is 0 Å². The minimum Gasteiger partial charge on any atom is -0.347 e. The van der Waals surface area contributed by atoms with Gasteiger partial charge in [-0.05, 0) is 34.0 Å². The van der Waals surface area contributed by atoms with E-state index in [1.54, 1.807) is 0 Å². The maximum Gasteiger partial charge on any atom is 0.166 e. The molecule has 1 aromatic heterocycles. The van der Waals surface area contributed by atoms with E-state index >= 15 is 0 Å². The molecule has 3 heteroatoms. The van der Waals surface area contributed by atoms with Crippen molar-refractivity contribution in [3.8, 4) is 0 Å². The van der Waals surface area contributed by atoms with E-state index in [4.69, 9.17) is 0 Å². The monoisotopic (exact) mass is 215 g/mol. The van der Waals surface area contributed by atoms with E-state index < -0.39 is 0 Å². The van der Waals surface area contributed by atoms with Crippen molar-refractivity contribution in [2.45, 2.75) is 19.8 Å². The summed E-state index contributed by atoms with van der Waals surface area (Å²) >= 11 is 3.28. The molecule has 0 saturated heterocycles. The number of rotatable bonds is 3. The van der Waals surface area contributed by atoms with Crippen molar-refractivity contribution in [1.82, 2.24) is 4.98 Å². The Morgan fingerprint density at radius 2 is 2.45 bits per heavy atom. The highest BCUT2D eigenvalue weighted by molar-refractivity contribution is 9.10. The molecule has 60 valence electrons. The summed E-state index contributed by atoms with van der Waals surface area (Å²) in [4.78, 5) is 13.4. The summed E-state index contributed by atoms with van der Waals surface area (Å²) in [7, 11) is 0. The Bertz CT molecular complexity index is 255. The molecule has 1 aromatic rings. The van der Waals surface area contributed by atoms with Crippen LogP contribution in [0.5, 0.6) is 0 Å². The highest BCUT2D eigenvalue weighted by Crippen LogP contribution is 2.15. The van der Waals surface area contributed by atoms with E-state index in [9.17, 15) is 4.79 Å². The Morgan fingerprint density at radius 1 is 1.73 bits per heavy atom. The van der Waals surface area contributed by atoms with Crippen molar-refractivity contribution >= 4 is 22.2 Å². The molecule has 1 heterocycles. The van der Waals surface area contributed by atoms with Gasteiger partial charge in [0.15, 0.2) is 6.29 Å². The number of H-pyrrole nitrogens is 1. The van der Waals surface area contributed by atoms with E-state index in [1.165, 1.54) is 0 Å². The zero-order valence-electron chi connectivity index (χ0n) is 6.36. The number of carbonyl (C=O) groups is 1. The molecule has 11 heavy (non-hydrogen) atoms. The number of aromatic amines is 1. The smallest absolute Gasteiger partial charge is 0.166 e. The predicted octanol–water partition coefficient (Wildman–Crippen LogP) is 2.54. The second-order valence-corrected chi connectivity index (χ2v) is 3.28. The second-order valence-electron chi connectivity index (χ2n) is 2.42. The lowest BCUT2D eigenvalue weighted by atomic mass is 10.1. The van der Waals surface area contributed by atoms with Crippen LogP contribution in [-0.4, -0.2) is 11.3 Å². The average Bonchev–Trinajstić information content (AvgIpc) is 2.32. The van der Waals surface area contributed by atoms with Gasteiger partial charge in [0.1, 0.15) is 0 Å². The Balaban J connectivity index is 2.92. The zero-order valence-corrected chi connectivity index (χ0v) is 7.94. The molecule has 0 atom stereocenters. The van der Waals surface area contributed by atoms with Gasteiger partial charge in [-0.1, -0.05) is 13.3 Å². The Kier molecular flexibility index (Phi) is 2.88. The lowest BCUT2D eigenvalue weighted by Crippen LogP contribution is -1.87. The summed E-state index contributed by atoms with van der Waals surface area (Å²) in [6, 6.07) is 1.95. The quantitative estimate of drug-likeness (QED) is 0.773. The summed E-state index contributed by atoms with van der Waals surface area (Å²) in [6.07, 6.45) is 2.87. The van der Waals surface area contributed by atoms with Crippen LogP contribution in [0.3, 0.4) is 0 Å². The van der Waals surface area contributed by atoms with Gasteiger partial charge in [0.05, 0.1) is 10.3 Å². The molecular formula is C8H10BrNO. The van der Waals surface area contributed by atoms with Gasteiger partial charge in [-0.25, -0.2) is 0 Å². The fraction of sp³-hybridized carbons (Fsp3) is 0.375. The number of nitrogens with one attached hydrogen (secondary N) is 1. The fourth-order valence-corrected chi connectivity index (χ4v) is 1.55. The fourth-order valence-electron chi connectivity index (χ4n) is 1.06. The predicted molar refractivity (Wildman–Crippen MR) is 47.9 cm³/mol. The highest BCUT2D eigenvalue weighted by atomic mass is 79.9. The molecule has 1 N–H and O–H groups in total. The van der Waals surface area contributed by atoms with Crippen molar-refractivity contribution in [3.05, 3.63) is 21.9 Å². The average molecular weight is 216 g/mol. The first-order chi connectivity index (χ1) is 5.27. The molecule has 0 spiro atoms. The van der Waals surface area contributed by atoms with E-state index in [-0.39, 0.29) is 0 Å². The summed E-state index contributed by atoms with van der Waals surface area (Å²) < 4.78 is 0.878. The van der Waals surface area contributed by atoms with Crippen LogP contribution in [-0.2, 0) is 6.42 Å². The van der Waals surface area contributed by atoms with Crippen LogP contribution >= 0.6 is 15.9 Å². The molecule has 1 rings (SSSR count). The van der Waals surface area contributed by atoms with Crippen LogP contribution < -0.4 is 0 Å². The summed E-state index contributed by atoms with van der Waals surface area (Å²) in [5, 5.41) is 0. The van der Waals surface area contributed by atoms with Gasteiger partial charge in [0, 0.05) is 0 Å². The molecule has 0 aliphatic rings. The molecule has 0 bridgehead atoms. The maximum absolute atomic E-state index is 10.5. The SMILES string of the molecule is CCCc1cc(Br)[nH]c1C=O.